The van der Waals surface area contributed by atoms with E-state index < -0.39 is 0 Å². The summed E-state index contributed by atoms with van der Waals surface area (Å²) >= 11 is 0. The van der Waals surface area contributed by atoms with Crippen LogP contribution in [0.1, 0.15) is 90.9 Å². The second kappa shape index (κ2) is 13.2. The van der Waals surface area contributed by atoms with Crippen molar-refractivity contribution in [2.45, 2.75) is 103 Å². The molecule has 2 rings (SSSR count). The summed E-state index contributed by atoms with van der Waals surface area (Å²) in [7, 11) is 0. The number of carbonyl (C=O) groups excluding carboxylic acids is 1. The second-order valence-corrected chi connectivity index (χ2v) is 9.12. The molecule has 4 nitrogen and oxygen atoms in total. The van der Waals surface area contributed by atoms with Gasteiger partial charge in [-0.15, -0.1) is 0 Å². The van der Waals surface area contributed by atoms with Crippen LogP contribution in [-0.2, 0) is 4.79 Å². The molecule has 5 atom stereocenters. The molecular formula is C25H43NO3. The second-order valence-electron chi connectivity index (χ2n) is 9.12. The molecule has 2 saturated carbocycles. The Balaban J connectivity index is 1.73. The first-order valence-corrected chi connectivity index (χ1v) is 12.0. The zero-order valence-electron chi connectivity index (χ0n) is 18.6. The number of fused-ring (bicyclic) bond motifs is 1. The molecule has 4 heteroatoms. The molecule has 0 bridgehead atoms. The minimum atomic E-state index is -0.382. The molecule has 0 heterocycles. The first-order valence-electron chi connectivity index (χ1n) is 12.0. The predicted octanol–water partition coefficient (Wildman–Crippen LogP) is 4.90. The molecule has 0 radical (unpaired) electrons. The van der Waals surface area contributed by atoms with Gasteiger partial charge in [-0.25, -0.2) is 0 Å². The third kappa shape index (κ3) is 8.25. The van der Waals surface area contributed by atoms with Crippen LogP contribution in [0.25, 0.3) is 0 Å². The zero-order chi connectivity index (χ0) is 21.1. The number of rotatable bonds is 13. The maximum atomic E-state index is 11.8. The highest BCUT2D eigenvalue weighted by Gasteiger charge is 2.44. The van der Waals surface area contributed by atoms with Crippen LogP contribution in [0.3, 0.4) is 0 Å². The molecular weight excluding hydrogens is 362 g/mol. The summed E-state index contributed by atoms with van der Waals surface area (Å²) in [4.78, 5) is 11.8. The first kappa shape index (κ1) is 24.1. The molecule has 0 spiro atoms. The van der Waals surface area contributed by atoms with Crippen molar-refractivity contribution in [1.82, 2.24) is 5.32 Å². The molecule has 2 fully saturated rings. The number of nitrogens with one attached hydrogen (secondary N) is 1. The van der Waals surface area contributed by atoms with E-state index in [2.05, 4.69) is 31.3 Å². The maximum absolute atomic E-state index is 11.8. The van der Waals surface area contributed by atoms with Crippen molar-refractivity contribution >= 4 is 5.91 Å². The van der Waals surface area contributed by atoms with Crippen molar-refractivity contribution in [3.8, 4) is 0 Å². The fourth-order valence-corrected chi connectivity index (χ4v) is 4.96. The monoisotopic (exact) mass is 405 g/mol. The smallest absolute Gasteiger partial charge is 0.220 e. The molecule has 0 aliphatic heterocycles. The third-order valence-corrected chi connectivity index (χ3v) is 6.66. The van der Waals surface area contributed by atoms with E-state index in [1.165, 1.54) is 12.0 Å². The van der Waals surface area contributed by atoms with Crippen LogP contribution in [-0.4, -0.2) is 34.9 Å². The lowest BCUT2D eigenvalue weighted by Crippen LogP contribution is -2.23. The van der Waals surface area contributed by atoms with Crippen LogP contribution in [0.2, 0.25) is 0 Å². The van der Waals surface area contributed by atoms with Crippen molar-refractivity contribution < 1.29 is 15.0 Å². The largest absolute Gasteiger partial charge is 0.392 e. The number of aliphatic hydroxyl groups is 2. The Morgan fingerprint density at radius 1 is 1.17 bits per heavy atom. The summed E-state index contributed by atoms with van der Waals surface area (Å²) < 4.78 is 0. The molecule has 0 aromatic carbocycles. The molecule has 2 aliphatic carbocycles. The van der Waals surface area contributed by atoms with E-state index in [4.69, 9.17) is 0 Å². The number of hydrogen-bond donors (Lipinski definition) is 3. The van der Waals surface area contributed by atoms with E-state index in [-0.39, 0.29) is 24.0 Å². The van der Waals surface area contributed by atoms with E-state index in [1.54, 1.807) is 0 Å². The van der Waals surface area contributed by atoms with Crippen molar-refractivity contribution in [2.75, 3.05) is 6.54 Å². The van der Waals surface area contributed by atoms with Crippen LogP contribution in [0.5, 0.6) is 0 Å². The van der Waals surface area contributed by atoms with E-state index in [9.17, 15) is 15.0 Å². The first-order chi connectivity index (χ1) is 14.0. The lowest BCUT2D eigenvalue weighted by atomic mass is 9.90. The number of carbonyl (C=O) groups is 1. The number of aliphatic hydroxyl groups excluding tert-OH is 2. The van der Waals surface area contributed by atoms with Crippen LogP contribution >= 0.6 is 0 Å². The topological polar surface area (TPSA) is 69.6 Å². The van der Waals surface area contributed by atoms with E-state index >= 15 is 0 Å². The SMILES string of the molecule is CCCCC[C@H](O)/C=C/[C@@H]1[C@H]2C/C(=C/CCCC(=O)NCCCC)C[C@H]2C[C@H]1O. The normalized spacial score (nSPS) is 28.9. The van der Waals surface area contributed by atoms with Gasteiger partial charge in [0.2, 0.25) is 5.91 Å². The van der Waals surface area contributed by atoms with Crippen molar-refractivity contribution in [1.29, 1.82) is 0 Å². The van der Waals surface area contributed by atoms with Gasteiger partial charge in [0, 0.05) is 18.9 Å². The fourth-order valence-electron chi connectivity index (χ4n) is 4.96. The molecule has 0 saturated heterocycles. The Labute approximate surface area is 177 Å². The lowest BCUT2D eigenvalue weighted by Gasteiger charge is -2.17. The van der Waals surface area contributed by atoms with Crippen molar-refractivity contribution in [2.24, 2.45) is 17.8 Å². The molecule has 2 aliphatic rings. The highest BCUT2D eigenvalue weighted by molar-refractivity contribution is 5.75. The van der Waals surface area contributed by atoms with Gasteiger partial charge in [-0.3, -0.25) is 4.79 Å². The molecule has 0 aromatic heterocycles. The van der Waals surface area contributed by atoms with Gasteiger partial charge in [0.1, 0.15) is 0 Å². The van der Waals surface area contributed by atoms with Crippen LogP contribution in [0.15, 0.2) is 23.8 Å². The summed E-state index contributed by atoms with van der Waals surface area (Å²) in [6.07, 6.45) is 17.6. The number of hydrogen-bond acceptors (Lipinski definition) is 3. The maximum Gasteiger partial charge on any atom is 0.220 e. The van der Waals surface area contributed by atoms with Crippen molar-refractivity contribution in [3.63, 3.8) is 0 Å². The molecule has 0 unspecified atom stereocenters. The summed E-state index contributed by atoms with van der Waals surface area (Å²) in [6.45, 7) is 5.10. The molecule has 0 aromatic rings. The molecule has 1 amide bonds. The average Bonchev–Trinajstić information content (AvgIpc) is 3.20. The Bertz CT molecular complexity index is 542. The molecule has 29 heavy (non-hydrogen) atoms. The lowest BCUT2D eigenvalue weighted by molar-refractivity contribution is -0.121. The Morgan fingerprint density at radius 2 is 1.97 bits per heavy atom. The Hall–Kier alpha value is -1.13. The predicted molar refractivity (Wildman–Crippen MR) is 119 cm³/mol. The highest BCUT2D eigenvalue weighted by Crippen LogP contribution is 2.50. The average molecular weight is 406 g/mol. The quantitative estimate of drug-likeness (QED) is 0.301. The van der Waals surface area contributed by atoms with Crippen LogP contribution in [0.4, 0.5) is 0 Å². The zero-order valence-corrected chi connectivity index (χ0v) is 18.6. The molecule has 3 N–H and O–H groups in total. The van der Waals surface area contributed by atoms with Gasteiger partial charge in [0.05, 0.1) is 12.2 Å². The summed E-state index contributed by atoms with van der Waals surface area (Å²) in [5, 5.41) is 23.6. The summed E-state index contributed by atoms with van der Waals surface area (Å²) in [6, 6.07) is 0. The number of amides is 1. The van der Waals surface area contributed by atoms with Gasteiger partial charge in [-0.1, -0.05) is 63.3 Å². The number of unbranched alkanes of at least 4 members (excludes halogenated alkanes) is 4. The standard InChI is InChI=1S/C25H43NO3/c1-3-5-7-11-21(27)13-14-22-23-17-19(16-20(23)18-24(22)28)10-8-9-12-25(29)26-15-6-4-2/h10,13-14,20-24,27-28H,3-9,11-12,15-18H2,1-2H3,(H,26,29)/b14-13+,19-10+/t20-,21-,22+,23-,24+/m0/s1. The van der Waals surface area contributed by atoms with E-state index in [0.717, 1.165) is 70.8 Å². The van der Waals surface area contributed by atoms with E-state index in [1.807, 2.05) is 6.08 Å². The summed E-state index contributed by atoms with van der Waals surface area (Å²) in [5.74, 6) is 1.43. The van der Waals surface area contributed by atoms with Gasteiger partial charge >= 0.3 is 0 Å². The van der Waals surface area contributed by atoms with Gasteiger partial charge < -0.3 is 15.5 Å². The van der Waals surface area contributed by atoms with Gasteiger partial charge in [0.15, 0.2) is 0 Å². The van der Waals surface area contributed by atoms with Crippen LogP contribution in [0, 0.1) is 17.8 Å². The third-order valence-electron chi connectivity index (χ3n) is 6.66. The molecule has 166 valence electrons. The number of allylic oxidation sites excluding steroid dienone is 2. The minimum Gasteiger partial charge on any atom is -0.392 e. The van der Waals surface area contributed by atoms with Gasteiger partial charge in [-0.2, -0.15) is 0 Å². The van der Waals surface area contributed by atoms with Gasteiger partial charge in [0.25, 0.3) is 0 Å². The van der Waals surface area contributed by atoms with Crippen molar-refractivity contribution in [3.05, 3.63) is 23.8 Å². The van der Waals surface area contributed by atoms with Crippen LogP contribution < -0.4 is 5.32 Å². The summed E-state index contributed by atoms with van der Waals surface area (Å²) in [5.41, 5.74) is 1.50. The van der Waals surface area contributed by atoms with E-state index in [0.29, 0.717) is 18.3 Å². The Morgan fingerprint density at radius 3 is 2.72 bits per heavy atom. The van der Waals surface area contributed by atoms with Gasteiger partial charge in [-0.05, 0) is 56.8 Å². The Kier molecular flexibility index (Phi) is 11.0. The highest BCUT2D eigenvalue weighted by atomic mass is 16.3. The minimum absolute atomic E-state index is 0.172. The fraction of sp³-hybridized carbons (Fsp3) is 0.800.